The first-order chi connectivity index (χ1) is 14.2. The number of carbonyl (C=O) groups is 1. The molecule has 1 unspecified atom stereocenters. The van der Waals surface area contributed by atoms with Gasteiger partial charge in [-0.15, -0.1) is 0 Å². The van der Waals surface area contributed by atoms with Gasteiger partial charge in [0.2, 0.25) is 0 Å². The van der Waals surface area contributed by atoms with Crippen molar-refractivity contribution in [3.05, 3.63) is 54.1 Å². The molecule has 0 amide bonds. The second kappa shape index (κ2) is 12.9. The second-order valence-electron chi connectivity index (χ2n) is 5.97. The molecule has 0 heterocycles. The maximum absolute atomic E-state index is 13.0. The van der Waals surface area contributed by atoms with Crippen LogP contribution in [0.3, 0.4) is 0 Å². The summed E-state index contributed by atoms with van der Waals surface area (Å²) in [6.07, 6.45) is 4.01. The normalized spacial score (nSPS) is 12.8. The Morgan fingerprint density at radius 1 is 1.27 bits per heavy atom. The Hall–Kier alpha value is -2.53. The van der Waals surface area contributed by atoms with Crippen LogP contribution < -0.4 is 14.8 Å². The van der Waals surface area contributed by atoms with Crippen LogP contribution in [0.5, 0.6) is 5.75 Å². The fourth-order valence-electron chi connectivity index (χ4n) is 2.43. The molecule has 1 atom stereocenters. The summed E-state index contributed by atoms with van der Waals surface area (Å²) in [5.74, 6) is -1.57. The minimum atomic E-state index is -2.06. The summed E-state index contributed by atoms with van der Waals surface area (Å²) in [6, 6.07) is 2.58. The predicted octanol–water partition coefficient (Wildman–Crippen LogP) is 2.79. The lowest BCUT2D eigenvalue weighted by atomic mass is 10.1. The van der Waals surface area contributed by atoms with E-state index in [1.54, 1.807) is 17.9 Å². The molecule has 0 spiro atoms. The van der Waals surface area contributed by atoms with Gasteiger partial charge in [0, 0.05) is 27.3 Å². The predicted molar refractivity (Wildman–Crippen MR) is 114 cm³/mol. The zero-order chi connectivity index (χ0) is 22.7. The molecule has 8 nitrogen and oxygen atoms in total. The smallest absolute Gasteiger partial charge is 0.335 e. The number of aromatic carboxylic acids is 1. The molecule has 1 rings (SSSR count). The van der Waals surface area contributed by atoms with Gasteiger partial charge in [0.1, 0.15) is 22.6 Å². The van der Waals surface area contributed by atoms with E-state index in [2.05, 4.69) is 6.58 Å². The number of nitrogens with zero attached hydrogens (tertiary/aromatic N) is 1. The van der Waals surface area contributed by atoms with Crippen molar-refractivity contribution in [3.8, 4) is 5.75 Å². The van der Waals surface area contributed by atoms with Gasteiger partial charge in [0.05, 0.1) is 29.4 Å². The number of benzene rings is 1. The van der Waals surface area contributed by atoms with Gasteiger partial charge in [-0.05, 0) is 37.3 Å². The lowest BCUT2D eigenvalue weighted by Crippen LogP contribution is -2.31. The number of carboxylic acid groups (broad SMARTS) is 1. The van der Waals surface area contributed by atoms with Crippen molar-refractivity contribution in [3.63, 3.8) is 0 Å². The molecular formula is C20H27FN2O6S. The maximum atomic E-state index is 13.0. The molecule has 0 saturated carbocycles. The molecule has 166 valence electrons. The van der Waals surface area contributed by atoms with Crippen LogP contribution in [0.4, 0.5) is 10.1 Å². The van der Waals surface area contributed by atoms with E-state index < -0.39 is 22.8 Å². The number of carboxylic acids is 1. The van der Waals surface area contributed by atoms with Crippen LogP contribution in [0.2, 0.25) is 0 Å². The number of methoxy groups -OCH3 is 2. The van der Waals surface area contributed by atoms with Gasteiger partial charge in [-0.25, -0.2) is 18.5 Å². The van der Waals surface area contributed by atoms with Gasteiger partial charge in [-0.2, -0.15) is 0 Å². The first-order valence-electron chi connectivity index (χ1n) is 8.92. The molecule has 0 fully saturated rings. The average Bonchev–Trinajstić information content (AvgIpc) is 2.70. The van der Waals surface area contributed by atoms with Gasteiger partial charge in [-0.1, -0.05) is 6.58 Å². The Morgan fingerprint density at radius 3 is 2.30 bits per heavy atom. The van der Waals surface area contributed by atoms with E-state index in [-0.39, 0.29) is 22.0 Å². The molecule has 3 N–H and O–H groups in total. The highest BCUT2D eigenvalue weighted by atomic mass is 32.2. The zero-order valence-electron chi connectivity index (χ0n) is 17.2. The number of hydrogen-bond acceptors (Lipinski definition) is 6. The quantitative estimate of drug-likeness (QED) is 0.357. The Labute approximate surface area is 178 Å². The van der Waals surface area contributed by atoms with Crippen LogP contribution in [0.25, 0.3) is 0 Å². The second-order valence-corrected chi connectivity index (χ2v) is 7.01. The molecule has 0 aromatic heterocycles. The zero-order valence-corrected chi connectivity index (χ0v) is 18.0. The van der Waals surface area contributed by atoms with Crippen LogP contribution in [-0.4, -0.2) is 55.8 Å². The van der Waals surface area contributed by atoms with Crippen LogP contribution in [0, 0.1) is 0 Å². The van der Waals surface area contributed by atoms with Crippen molar-refractivity contribution in [2.24, 2.45) is 5.14 Å². The van der Waals surface area contributed by atoms with Gasteiger partial charge >= 0.3 is 5.97 Å². The summed E-state index contributed by atoms with van der Waals surface area (Å²) in [6.45, 7) is 6.23. The third-order valence-electron chi connectivity index (χ3n) is 3.90. The highest BCUT2D eigenvalue weighted by Crippen LogP contribution is 2.37. The van der Waals surface area contributed by atoms with E-state index in [0.717, 1.165) is 6.08 Å². The molecule has 0 saturated heterocycles. The van der Waals surface area contributed by atoms with Gasteiger partial charge < -0.3 is 24.2 Å². The van der Waals surface area contributed by atoms with Crippen molar-refractivity contribution in [1.29, 1.82) is 0 Å². The van der Waals surface area contributed by atoms with E-state index in [1.165, 1.54) is 32.4 Å². The molecular weight excluding hydrogens is 415 g/mol. The molecule has 0 bridgehead atoms. The summed E-state index contributed by atoms with van der Waals surface area (Å²) in [4.78, 5) is 13.4. The van der Waals surface area contributed by atoms with Crippen molar-refractivity contribution in [2.75, 3.05) is 45.4 Å². The molecule has 0 aliphatic heterocycles. The highest BCUT2D eigenvalue weighted by molar-refractivity contribution is 7.82. The minimum Gasteiger partial charge on any atom is -0.478 e. The van der Waals surface area contributed by atoms with E-state index in [4.69, 9.17) is 19.3 Å². The topological polar surface area (TPSA) is 111 Å². The number of halogens is 1. The monoisotopic (exact) mass is 442 g/mol. The molecule has 1 aromatic rings. The number of nitrogens with two attached hydrogens (primary N) is 1. The number of allylic oxidation sites excluding steroid dienone is 4. The molecule has 10 heteroatoms. The van der Waals surface area contributed by atoms with Gasteiger partial charge in [0.25, 0.3) is 0 Å². The largest absolute Gasteiger partial charge is 0.478 e. The van der Waals surface area contributed by atoms with Crippen LogP contribution in [0.1, 0.15) is 17.3 Å². The Kier molecular flexibility index (Phi) is 11.0. The third kappa shape index (κ3) is 7.71. The van der Waals surface area contributed by atoms with Crippen molar-refractivity contribution < 1.29 is 32.7 Å². The Bertz CT molecular complexity index is 833. The van der Waals surface area contributed by atoms with Crippen molar-refractivity contribution in [2.45, 2.75) is 11.8 Å². The number of ether oxygens (including phenoxy) is 3. The molecule has 1 aromatic carbocycles. The highest BCUT2D eigenvalue weighted by Gasteiger charge is 2.23. The number of rotatable bonds is 13. The maximum Gasteiger partial charge on any atom is 0.335 e. The van der Waals surface area contributed by atoms with E-state index in [9.17, 15) is 18.5 Å². The fraction of sp³-hybridized carbons (Fsp3) is 0.350. The van der Waals surface area contributed by atoms with Crippen molar-refractivity contribution in [1.82, 2.24) is 0 Å². The Balaban J connectivity index is 3.65. The number of hydrogen-bond donors (Lipinski definition) is 2. The van der Waals surface area contributed by atoms with Crippen molar-refractivity contribution >= 4 is 22.6 Å². The molecule has 0 aliphatic carbocycles. The van der Waals surface area contributed by atoms with Crippen LogP contribution in [0.15, 0.2) is 53.4 Å². The molecule has 0 aliphatic rings. The summed E-state index contributed by atoms with van der Waals surface area (Å²) >= 11 is 0. The SMILES string of the molecule is C=C(F)/C=C\C(=C/C)Oc1c(N(CCOC)CCOC)cc(C(=O)O)cc1S(N)=O. The third-order valence-corrected chi connectivity index (χ3v) is 4.64. The van der Waals surface area contributed by atoms with E-state index >= 15 is 0 Å². The first-order valence-corrected chi connectivity index (χ1v) is 10.1. The fourth-order valence-corrected chi connectivity index (χ4v) is 3.01. The molecule has 0 radical (unpaired) electrons. The summed E-state index contributed by atoms with van der Waals surface area (Å²) < 4.78 is 41.4. The van der Waals surface area contributed by atoms with E-state index in [1.807, 2.05) is 0 Å². The Morgan fingerprint density at radius 2 is 1.87 bits per heavy atom. The van der Waals surface area contributed by atoms with Gasteiger partial charge in [-0.3, -0.25) is 0 Å². The standard InChI is InChI=1S/C20H27FN2O6S/c1-5-16(7-6-14(2)21)29-19-17(23(8-10-27-3)9-11-28-4)12-15(20(24)25)13-18(19)30(22)26/h5-7,12-13H,2,8-11,22H2,1,3-4H3,(H,24,25)/b7-6-,16-5+. The lowest BCUT2D eigenvalue weighted by Gasteiger charge is -2.28. The summed E-state index contributed by atoms with van der Waals surface area (Å²) in [5.41, 5.74) is 0.227. The summed E-state index contributed by atoms with van der Waals surface area (Å²) in [7, 11) is 1.01. The van der Waals surface area contributed by atoms with Crippen LogP contribution in [-0.2, 0) is 20.5 Å². The van der Waals surface area contributed by atoms with Gasteiger partial charge in [0.15, 0.2) is 5.75 Å². The van der Waals surface area contributed by atoms with E-state index in [0.29, 0.717) is 32.0 Å². The average molecular weight is 443 g/mol. The first kappa shape index (κ1) is 25.5. The lowest BCUT2D eigenvalue weighted by molar-refractivity contribution is 0.0696. The molecule has 30 heavy (non-hydrogen) atoms. The summed E-state index contributed by atoms with van der Waals surface area (Å²) in [5, 5.41) is 15.1. The minimum absolute atomic E-state index is 0.0171. The number of anilines is 1. The van der Waals surface area contributed by atoms with Crippen LogP contribution >= 0.6 is 0 Å².